The molecule has 144 valence electrons. The van der Waals surface area contributed by atoms with Gasteiger partial charge >= 0.3 is 5.69 Å². The molecule has 1 aliphatic heterocycles. The zero-order valence-electron chi connectivity index (χ0n) is 15.5. The van der Waals surface area contributed by atoms with E-state index in [1.54, 1.807) is 19.2 Å². The van der Waals surface area contributed by atoms with Gasteiger partial charge in [-0.2, -0.15) is 5.26 Å². The quantitative estimate of drug-likeness (QED) is 0.715. The molecule has 0 bridgehead atoms. The van der Waals surface area contributed by atoms with Gasteiger partial charge in [-0.15, -0.1) is 11.3 Å². The first-order valence-corrected chi connectivity index (χ1v) is 9.99. The number of fused-ring (bicyclic) bond motifs is 1. The van der Waals surface area contributed by atoms with E-state index < -0.39 is 0 Å². The molecule has 1 saturated heterocycles. The summed E-state index contributed by atoms with van der Waals surface area (Å²) in [4.78, 5) is 37.7. The lowest BCUT2D eigenvalue weighted by Crippen LogP contribution is -2.45. The number of piperazine rings is 1. The van der Waals surface area contributed by atoms with Crippen molar-refractivity contribution in [2.75, 3.05) is 31.1 Å². The lowest BCUT2D eigenvalue weighted by Gasteiger charge is -2.35. The van der Waals surface area contributed by atoms with E-state index in [0.717, 1.165) is 43.3 Å². The Balaban J connectivity index is 1.45. The summed E-state index contributed by atoms with van der Waals surface area (Å²) in [5.41, 5.74) is 0.880. The van der Waals surface area contributed by atoms with Crippen LogP contribution in [-0.2, 0) is 13.1 Å². The van der Waals surface area contributed by atoms with Crippen molar-refractivity contribution >= 4 is 27.2 Å². The van der Waals surface area contributed by atoms with Gasteiger partial charge in [-0.25, -0.2) is 9.78 Å². The van der Waals surface area contributed by atoms with Gasteiger partial charge in [0.25, 0.3) is 5.56 Å². The van der Waals surface area contributed by atoms with Crippen LogP contribution in [-0.4, -0.2) is 45.6 Å². The molecule has 0 amide bonds. The fraction of sp³-hybridized carbons (Fsp3) is 0.368. The molecule has 1 fully saturated rings. The van der Waals surface area contributed by atoms with E-state index in [0.29, 0.717) is 22.5 Å². The molecular weight excluding hydrogens is 376 g/mol. The maximum absolute atomic E-state index is 12.4. The number of anilines is 1. The van der Waals surface area contributed by atoms with Gasteiger partial charge in [-0.05, 0) is 25.1 Å². The number of aromatic nitrogens is 3. The molecule has 8 nitrogen and oxygen atoms in total. The molecule has 0 radical (unpaired) electrons. The summed E-state index contributed by atoms with van der Waals surface area (Å²) in [6.07, 6.45) is 1.75. The van der Waals surface area contributed by atoms with Crippen molar-refractivity contribution in [3.63, 3.8) is 0 Å². The molecule has 1 N–H and O–H groups in total. The molecule has 0 spiro atoms. The van der Waals surface area contributed by atoms with Crippen molar-refractivity contribution in [2.24, 2.45) is 0 Å². The van der Waals surface area contributed by atoms with Gasteiger partial charge < -0.3 is 4.90 Å². The second-order valence-corrected chi connectivity index (χ2v) is 7.85. The Morgan fingerprint density at radius 3 is 2.68 bits per heavy atom. The van der Waals surface area contributed by atoms with Crippen LogP contribution in [0.3, 0.4) is 0 Å². The summed E-state index contributed by atoms with van der Waals surface area (Å²) in [6.45, 7) is 6.44. The average Bonchev–Trinajstić information content (AvgIpc) is 3.11. The van der Waals surface area contributed by atoms with Crippen LogP contribution in [0.1, 0.15) is 17.5 Å². The Bertz CT molecular complexity index is 1150. The molecule has 3 aromatic rings. The minimum absolute atomic E-state index is 0.220. The minimum Gasteiger partial charge on any atom is -0.368 e. The highest BCUT2D eigenvalue weighted by molar-refractivity contribution is 7.18. The van der Waals surface area contributed by atoms with Gasteiger partial charge in [0.05, 0.1) is 17.3 Å². The number of aromatic amines is 1. The lowest BCUT2D eigenvalue weighted by molar-refractivity contribution is 0.252. The van der Waals surface area contributed by atoms with Gasteiger partial charge in [0.1, 0.15) is 16.6 Å². The first-order chi connectivity index (χ1) is 13.6. The average molecular weight is 396 g/mol. The van der Waals surface area contributed by atoms with Crippen molar-refractivity contribution in [1.82, 2.24) is 19.4 Å². The number of H-pyrrole nitrogens is 1. The van der Waals surface area contributed by atoms with E-state index in [1.165, 1.54) is 15.9 Å². The largest absolute Gasteiger partial charge is 0.368 e. The first-order valence-electron chi connectivity index (χ1n) is 9.18. The summed E-state index contributed by atoms with van der Waals surface area (Å²) in [6, 6.07) is 7.61. The van der Waals surface area contributed by atoms with Crippen molar-refractivity contribution in [3.05, 3.63) is 55.8 Å². The van der Waals surface area contributed by atoms with Crippen molar-refractivity contribution in [1.29, 1.82) is 5.26 Å². The maximum Gasteiger partial charge on any atom is 0.329 e. The van der Waals surface area contributed by atoms with E-state index in [2.05, 4.69) is 19.8 Å². The molecular formula is C19H20N6O2S. The van der Waals surface area contributed by atoms with Crippen LogP contribution in [0.5, 0.6) is 0 Å². The zero-order chi connectivity index (χ0) is 19.7. The fourth-order valence-corrected chi connectivity index (χ4v) is 4.57. The normalized spacial score (nSPS) is 15.1. The van der Waals surface area contributed by atoms with Gasteiger partial charge in [-0.3, -0.25) is 19.2 Å². The number of nitrogens with one attached hydrogen (secondary N) is 1. The second kappa shape index (κ2) is 7.58. The van der Waals surface area contributed by atoms with Gasteiger partial charge in [0.15, 0.2) is 0 Å². The molecule has 28 heavy (non-hydrogen) atoms. The molecule has 4 rings (SSSR count). The van der Waals surface area contributed by atoms with Gasteiger partial charge in [-0.1, -0.05) is 0 Å². The standard InChI is InChI=1S/C19H20N6O2S/c1-2-25-18(26)16-9-15(28-17(16)22-19(25)27)12-23-5-7-24(8-6-23)14-4-3-13(10-20)21-11-14/h3-4,9,11H,2,5-8,12H2,1H3,(H,22,27). The third-order valence-electron chi connectivity index (χ3n) is 5.02. The third-order valence-corrected chi connectivity index (χ3v) is 6.06. The molecule has 0 atom stereocenters. The first kappa shape index (κ1) is 18.4. The number of nitrogens with zero attached hydrogens (tertiary/aromatic N) is 5. The third kappa shape index (κ3) is 3.44. The Hall–Kier alpha value is -2.96. The number of rotatable bonds is 4. The van der Waals surface area contributed by atoms with Crippen LogP contribution in [0.2, 0.25) is 0 Å². The van der Waals surface area contributed by atoms with E-state index in [4.69, 9.17) is 5.26 Å². The fourth-order valence-electron chi connectivity index (χ4n) is 3.48. The molecule has 0 aliphatic carbocycles. The molecule has 1 aliphatic rings. The number of pyridine rings is 1. The van der Waals surface area contributed by atoms with Crippen LogP contribution in [0.15, 0.2) is 34.0 Å². The van der Waals surface area contributed by atoms with Crippen LogP contribution >= 0.6 is 11.3 Å². The summed E-state index contributed by atoms with van der Waals surface area (Å²) >= 11 is 1.47. The monoisotopic (exact) mass is 396 g/mol. The topological polar surface area (TPSA) is 98.0 Å². The Morgan fingerprint density at radius 2 is 2.04 bits per heavy atom. The summed E-state index contributed by atoms with van der Waals surface area (Å²) in [5, 5.41) is 9.44. The Morgan fingerprint density at radius 1 is 1.25 bits per heavy atom. The van der Waals surface area contributed by atoms with Gasteiger partial charge in [0.2, 0.25) is 0 Å². The number of hydrogen-bond donors (Lipinski definition) is 1. The smallest absolute Gasteiger partial charge is 0.329 e. The minimum atomic E-state index is -0.349. The molecule has 9 heteroatoms. The molecule has 0 saturated carbocycles. The summed E-state index contributed by atoms with van der Waals surface area (Å²) in [7, 11) is 0. The molecule has 0 unspecified atom stereocenters. The van der Waals surface area contributed by atoms with E-state index in [-0.39, 0.29) is 11.2 Å². The highest BCUT2D eigenvalue weighted by atomic mass is 32.1. The predicted molar refractivity (Wildman–Crippen MR) is 109 cm³/mol. The van der Waals surface area contributed by atoms with Crippen LogP contribution in [0.25, 0.3) is 10.2 Å². The van der Waals surface area contributed by atoms with E-state index >= 15 is 0 Å². The van der Waals surface area contributed by atoms with Crippen molar-refractivity contribution in [2.45, 2.75) is 20.0 Å². The van der Waals surface area contributed by atoms with Gasteiger partial charge in [0, 0.05) is 44.1 Å². The Kier molecular flexibility index (Phi) is 4.98. The lowest BCUT2D eigenvalue weighted by atomic mass is 10.2. The molecule has 3 aromatic heterocycles. The second-order valence-electron chi connectivity index (χ2n) is 6.71. The zero-order valence-corrected chi connectivity index (χ0v) is 16.3. The van der Waals surface area contributed by atoms with E-state index in [1.807, 2.05) is 18.2 Å². The Labute approximate surface area is 165 Å². The van der Waals surface area contributed by atoms with E-state index in [9.17, 15) is 9.59 Å². The number of hydrogen-bond acceptors (Lipinski definition) is 7. The molecule has 4 heterocycles. The van der Waals surface area contributed by atoms with Crippen LogP contribution in [0, 0.1) is 11.3 Å². The van der Waals surface area contributed by atoms with Crippen LogP contribution in [0.4, 0.5) is 5.69 Å². The number of thiophene rings is 1. The SMILES string of the molecule is CCn1c(=O)[nH]c2sc(CN3CCN(c4ccc(C#N)nc4)CC3)cc2c1=O. The number of nitriles is 1. The summed E-state index contributed by atoms with van der Waals surface area (Å²) in [5.74, 6) is 0. The highest BCUT2D eigenvalue weighted by Crippen LogP contribution is 2.23. The van der Waals surface area contributed by atoms with Crippen molar-refractivity contribution < 1.29 is 0 Å². The molecule has 0 aromatic carbocycles. The summed E-state index contributed by atoms with van der Waals surface area (Å²) < 4.78 is 1.23. The van der Waals surface area contributed by atoms with Crippen LogP contribution < -0.4 is 16.1 Å². The van der Waals surface area contributed by atoms with Crippen molar-refractivity contribution in [3.8, 4) is 6.07 Å². The maximum atomic E-state index is 12.4. The predicted octanol–water partition coefficient (Wildman–Crippen LogP) is 1.36. The highest BCUT2D eigenvalue weighted by Gasteiger charge is 2.19.